The molecule has 0 bridgehead atoms. The van der Waals surface area contributed by atoms with E-state index in [-0.39, 0.29) is 0 Å². The fraction of sp³-hybridized carbons (Fsp3) is 0. The molecule has 5 heteroatoms. The molecule has 0 spiro atoms. The molecular weight excluding hydrogens is 136 g/mol. The van der Waals surface area contributed by atoms with Crippen LogP contribution in [0.4, 0.5) is 0 Å². The number of hydrogen-bond donors (Lipinski definition) is 0. The summed E-state index contributed by atoms with van der Waals surface area (Å²) in [6.45, 7) is 0. The van der Waals surface area contributed by atoms with Gasteiger partial charge in [-0.1, -0.05) is 11.2 Å². The quantitative estimate of drug-likeness (QED) is 0.397. The second-order valence-electron chi connectivity index (χ2n) is 0.578. The standard InChI is InChI=1S/C2HClNO2P/c3-7-6-2(5)1-4/h7H. The molecule has 0 saturated carbocycles. The van der Waals surface area contributed by atoms with Crippen molar-refractivity contribution in [2.24, 2.45) is 0 Å². The molecule has 0 N–H and O–H groups in total. The van der Waals surface area contributed by atoms with Crippen LogP contribution >= 0.6 is 19.4 Å². The number of nitriles is 1. The molecule has 7 heavy (non-hydrogen) atoms. The number of halogens is 1. The van der Waals surface area contributed by atoms with E-state index in [0.29, 0.717) is 0 Å². The SMILES string of the molecule is N#CC(=O)OPCl. The van der Waals surface area contributed by atoms with Gasteiger partial charge in [-0.15, -0.1) is 0 Å². The summed E-state index contributed by atoms with van der Waals surface area (Å²) in [5.41, 5.74) is 0. The molecule has 0 aromatic heterocycles. The molecule has 0 radical (unpaired) electrons. The first kappa shape index (κ1) is 6.68. The summed E-state index contributed by atoms with van der Waals surface area (Å²) in [6.07, 6.45) is 0. The van der Waals surface area contributed by atoms with Gasteiger partial charge >= 0.3 is 5.97 Å². The minimum atomic E-state index is -0.937. The Balaban J connectivity index is 3.24. The average molecular weight is 137 g/mol. The van der Waals surface area contributed by atoms with Crippen LogP contribution in [0.25, 0.3) is 0 Å². The van der Waals surface area contributed by atoms with E-state index >= 15 is 0 Å². The van der Waals surface area contributed by atoms with Crippen molar-refractivity contribution in [3.05, 3.63) is 0 Å². The van der Waals surface area contributed by atoms with Crippen LogP contribution < -0.4 is 0 Å². The Hall–Kier alpha value is -0.320. The van der Waals surface area contributed by atoms with E-state index in [2.05, 4.69) is 4.52 Å². The topological polar surface area (TPSA) is 50.1 Å². The zero-order chi connectivity index (χ0) is 5.70. The predicted molar refractivity (Wildman–Crippen MR) is 25.9 cm³/mol. The Labute approximate surface area is 46.9 Å². The Morgan fingerprint density at radius 1 is 2.00 bits per heavy atom. The van der Waals surface area contributed by atoms with Gasteiger partial charge in [-0.05, 0) is 0 Å². The summed E-state index contributed by atoms with van der Waals surface area (Å²) in [4.78, 5) is 9.75. The maximum Gasteiger partial charge on any atom is 0.414 e. The van der Waals surface area contributed by atoms with Crippen LogP contribution in [0, 0.1) is 11.3 Å². The minimum absolute atomic E-state index is 0.455. The van der Waals surface area contributed by atoms with Gasteiger partial charge in [0, 0.05) is 0 Å². The Morgan fingerprint density at radius 2 is 2.57 bits per heavy atom. The van der Waals surface area contributed by atoms with Gasteiger partial charge in [0.05, 0.1) is 0 Å². The Kier molecular flexibility index (Phi) is 3.68. The van der Waals surface area contributed by atoms with Crippen LogP contribution in [0.2, 0.25) is 0 Å². The number of carbonyl (C=O) groups is 1. The van der Waals surface area contributed by atoms with Crippen LogP contribution in [0.5, 0.6) is 0 Å². The van der Waals surface area contributed by atoms with Crippen molar-refractivity contribution in [1.29, 1.82) is 5.26 Å². The third kappa shape index (κ3) is 3.51. The number of carbonyl (C=O) groups excluding carboxylic acids is 1. The lowest BCUT2D eigenvalue weighted by Crippen LogP contribution is -1.88. The van der Waals surface area contributed by atoms with Gasteiger partial charge in [-0.3, -0.25) is 0 Å². The van der Waals surface area contributed by atoms with E-state index < -0.39 is 14.1 Å². The molecule has 0 aromatic carbocycles. The van der Waals surface area contributed by atoms with Crippen LogP contribution in [0.3, 0.4) is 0 Å². The molecule has 3 nitrogen and oxygen atoms in total. The largest absolute Gasteiger partial charge is 0.420 e. The molecule has 0 aliphatic heterocycles. The number of nitrogens with zero attached hydrogens (tertiary/aromatic N) is 1. The van der Waals surface area contributed by atoms with E-state index in [1.54, 1.807) is 0 Å². The monoisotopic (exact) mass is 137 g/mol. The predicted octanol–water partition coefficient (Wildman–Crippen LogP) is 0.800. The van der Waals surface area contributed by atoms with E-state index in [1.807, 2.05) is 0 Å². The smallest absolute Gasteiger partial charge is 0.414 e. The van der Waals surface area contributed by atoms with E-state index in [1.165, 1.54) is 6.07 Å². The molecule has 0 rings (SSSR count). The van der Waals surface area contributed by atoms with Gasteiger partial charge in [-0.2, -0.15) is 5.26 Å². The zero-order valence-corrected chi connectivity index (χ0v) is 4.90. The van der Waals surface area contributed by atoms with Gasteiger partial charge in [-0.25, -0.2) is 4.79 Å². The molecule has 0 aliphatic carbocycles. The minimum Gasteiger partial charge on any atom is -0.420 e. The lowest BCUT2D eigenvalue weighted by atomic mass is 10.8. The van der Waals surface area contributed by atoms with Gasteiger partial charge in [0.15, 0.2) is 14.2 Å². The van der Waals surface area contributed by atoms with Crippen LogP contribution in [-0.2, 0) is 9.32 Å². The fourth-order valence-corrected chi connectivity index (χ4v) is 0.384. The first-order chi connectivity index (χ1) is 3.31. The Bertz CT molecular complexity index is 109. The summed E-state index contributed by atoms with van der Waals surface area (Å²) < 4.78 is 3.98. The molecular formula is C2HClNO2P. The van der Waals surface area contributed by atoms with Gasteiger partial charge in [0.25, 0.3) is 0 Å². The van der Waals surface area contributed by atoms with Crippen molar-refractivity contribution in [2.75, 3.05) is 0 Å². The van der Waals surface area contributed by atoms with Crippen LogP contribution in [0.1, 0.15) is 0 Å². The third-order valence-corrected chi connectivity index (χ3v) is 0.717. The molecule has 0 aromatic rings. The second-order valence-corrected chi connectivity index (χ2v) is 1.40. The van der Waals surface area contributed by atoms with Gasteiger partial charge in [0.2, 0.25) is 0 Å². The van der Waals surface area contributed by atoms with Gasteiger partial charge in [0.1, 0.15) is 0 Å². The lowest BCUT2D eigenvalue weighted by Gasteiger charge is -1.83. The molecule has 38 valence electrons. The third-order valence-electron chi connectivity index (χ3n) is 0.223. The highest BCUT2D eigenvalue weighted by Crippen LogP contribution is 2.16. The summed E-state index contributed by atoms with van der Waals surface area (Å²) in [5, 5.41) is 7.69. The first-order valence-electron chi connectivity index (χ1n) is 1.27. The normalized spacial score (nSPS) is 8.57. The Morgan fingerprint density at radius 3 is 2.71 bits per heavy atom. The molecule has 0 heterocycles. The highest BCUT2D eigenvalue weighted by Gasteiger charge is 1.93. The average Bonchev–Trinajstić information content (AvgIpc) is 1.68. The summed E-state index contributed by atoms with van der Waals surface area (Å²) >= 11 is 4.91. The first-order valence-corrected chi connectivity index (χ1v) is 3.20. The van der Waals surface area contributed by atoms with Crippen molar-refractivity contribution in [3.8, 4) is 6.07 Å². The second kappa shape index (κ2) is 3.86. The van der Waals surface area contributed by atoms with Crippen molar-refractivity contribution < 1.29 is 9.32 Å². The molecule has 0 fully saturated rings. The summed E-state index contributed by atoms with van der Waals surface area (Å²) in [6, 6.07) is 1.23. The van der Waals surface area contributed by atoms with E-state index in [9.17, 15) is 4.79 Å². The van der Waals surface area contributed by atoms with E-state index in [4.69, 9.17) is 16.5 Å². The van der Waals surface area contributed by atoms with Crippen molar-refractivity contribution >= 4 is 25.4 Å². The summed E-state index contributed by atoms with van der Waals surface area (Å²) in [5.74, 6) is -0.937. The lowest BCUT2D eigenvalue weighted by molar-refractivity contribution is -0.127. The van der Waals surface area contributed by atoms with Crippen molar-refractivity contribution in [3.63, 3.8) is 0 Å². The summed E-state index contributed by atoms with van der Waals surface area (Å²) in [7, 11) is -0.455. The highest BCUT2D eigenvalue weighted by atomic mass is 35.7. The molecule has 1 atom stereocenters. The maximum atomic E-state index is 9.75. The van der Waals surface area contributed by atoms with Crippen molar-refractivity contribution in [1.82, 2.24) is 0 Å². The zero-order valence-electron chi connectivity index (χ0n) is 3.14. The number of rotatable bonds is 1. The van der Waals surface area contributed by atoms with Crippen LogP contribution in [-0.4, -0.2) is 5.97 Å². The fourth-order valence-electron chi connectivity index (χ4n) is 0.0579. The molecule has 0 aliphatic rings. The van der Waals surface area contributed by atoms with Crippen molar-refractivity contribution in [2.45, 2.75) is 0 Å². The number of hydrogen-bond acceptors (Lipinski definition) is 3. The van der Waals surface area contributed by atoms with Gasteiger partial charge < -0.3 is 4.52 Å². The van der Waals surface area contributed by atoms with E-state index in [0.717, 1.165) is 0 Å². The molecule has 0 saturated heterocycles. The highest BCUT2D eigenvalue weighted by molar-refractivity contribution is 7.64. The maximum absolute atomic E-state index is 9.75. The molecule has 0 amide bonds. The molecule has 1 unspecified atom stereocenters. The van der Waals surface area contributed by atoms with Crippen LogP contribution in [0.15, 0.2) is 0 Å².